The van der Waals surface area contributed by atoms with Gasteiger partial charge in [-0.25, -0.2) is 0 Å². The standard InChI is InChI=1S/C66H38N2O2/c1-3-17-45-43(15-1)41(33-35-59(45)67-55-25-11-7-19-47(55)48-20-8-12-26-56(48)67)39-29-31-53-61(37-39)69-65-63(53)51-23-5-6-24-52(51)64-54-32-30-40(38-62(54)70-66(64)65)42-34-36-60(46-18-4-2-16-44(42)46)68-57-27-13-9-21-49(57)50-22-10-14-28-58(50)68/h1-38H. The molecule has 0 fully saturated rings. The van der Waals surface area contributed by atoms with Crippen LogP contribution >= 0.6 is 0 Å². The molecule has 0 saturated heterocycles. The van der Waals surface area contributed by atoms with Crippen molar-refractivity contribution in [2.45, 2.75) is 0 Å². The van der Waals surface area contributed by atoms with Crippen molar-refractivity contribution in [2.75, 3.05) is 0 Å². The monoisotopic (exact) mass is 890 g/mol. The highest BCUT2D eigenvalue weighted by Gasteiger charge is 2.23. The van der Waals surface area contributed by atoms with Gasteiger partial charge in [-0.2, -0.15) is 0 Å². The average molecular weight is 891 g/mol. The number of aromatic nitrogens is 2. The number of benzene rings is 12. The Balaban J connectivity index is 0.861. The minimum Gasteiger partial charge on any atom is -0.452 e. The number of furan rings is 2. The first-order chi connectivity index (χ1) is 34.7. The van der Waals surface area contributed by atoms with Crippen molar-refractivity contribution >= 4 is 120 Å². The number of hydrogen-bond donors (Lipinski definition) is 0. The summed E-state index contributed by atoms with van der Waals surface area (Å²) >= 11 is 0. The second-order valence-corrected chi connectivity index (χ2v) is 18.7. The van der Waals surface area contributed by atoms with E-state index in [9.17, 15) is 0 Å². The van der Waals surface area contributed by atoms with Gasteiger partial charge in [0.15, 0.2) is 11.2 Å². The van der Waals surface area contributed by atoms with E-state index in [4.69, 9.17) is 8.83 Å². The van der Waals surface area contributed by atoms with E-state index >= 15 is 0 Å². The van der Waals surface area contributed by atoms with E-state index in [1.54, 1.807) is 0 Å². The second-order valence-electron chi connectivity index (χ2n) is 18.7. The van der Waals surface area contributed by atoms with Crippen LogP contribution in [0.3, 0.4) is 0 Å². The molecule has 0 saturated carbocycles. The highest BCUT2D eigenvalue weighted by Crippen LogP contribution is 2.47. The number of para-hydroxylation sites is 4. The molecule has 0 aliphatic carbocycles. The topological polar surface area (TPSA) is 36.1 Å². The summed E-state index contributed by atoms with van der Waals surface area (Å²) < 4.78 is 18.9. The molecule has 4 heteroatoms. The van der Waals surface area contributed by atoms with E-state index in [2.05, 4.69) is 240 Å². The fourth-order valence-electron chi connectivity index (χ4n) is 12.1. The van der Waals surface area contributed by atoms with Gasteiger partial charge in [-0.1, -0.05) is 170 Å². The Morgan fingerprint density at radius 3 is 0.929 bits per heavy atom. The zero-order valence-corrected chi connectivity index (χ0v) is 37.7. The lowest BCUT2D eigenvalue weighted by Gasteiger charge is -2.15. The van der Waals surface area contributed by atoms with E-state index in [0.29, 0.717) is 0 Å². The summed E-state index contributed by atoms with van der Waals surface area (Å²) in [5, 5.41) is 16.3. The lowest BCUT2D eigenvalue weighted by atomic mass is 9.94. The number of fused-ring (bicyclic) bond motifs is 18. The van der Waals surface area contributed by atoms with Gasteiger partial charge in [0.2, 0.25) is 0 Å². The van der Waals surface area contributed by atoms with E-state index < -0.39 is 0 Å². The van der Waals surface area contributed by atoms with Crippen molar-refractivity contribution < 1.29 is 8.83 Å². The Bertz CT molecular complexity index is 4490. The van der Waals surface area contributed by atoms with E-state index in [-0.39, 0.29) is 0 Å². The molecular formula is C66H38N2O2. The van der Waals surface area contributed by atoms with Crippen molar-refractivity contribution in [3.8, 4) is 33.6 Å². The van der Waals surface area contributed by atoms with Crippen LogP contribution in [0.2, 0.25) is 0 Å². The fourth-order valence-corrected chi connectivity index (χ4v) is 12.1. The minimum absolute atomic E-state index is 0.770. The normalized spacial score (nSPS) is 12.3. The molecule has 12 aromatic carbocycles. The lowest BCUT2D eigenvalue weighted by Crippen LogP contribution is -1.96. The van der Waals surface area contributed by atoms with Crippen molar-refractivity contribution in [3.63, 3.8) is 0 Å². The summed E-state index contributed by atoms with van der Waals surface area (Å²) in [5.74, 6) is 0. The first-order valence-corrected chi connectivity index (χ1v) is 24.0. The third-order valence-electron chi connectivity index (χ3n) is 15.1. The summed E-state index contributed by atoms with van der Waals surface area (Å²) in [6.45, 7) is 0. The molecule has 16 rings (SSSR count). The molecule has 0 aliphatic heterocycles. The summed E-state index contributed by atoms with van der Waals surface area (Å²) in [6, 6.07) is 83.6. The molecule has 0 bridgehead atoms. The van der Waals surface area contributed by atoms with Crippen LogP contribution in [-0.2, 0) is 0 Å². The maximum atomic E-state index is 7.04. The first kappa shape index (κ1) is 37.7. The van der Waals surface area contributed by atoms with Crippen LogP contribution in [0.15, 0.2) is 239 Å². The van der Waals surface area contributed by atoms with Crippen LogP contribution < -0.4 is 0 Å². The molecule has 0 radical (unpaired) electrons. The predicted octanol–water partition coefficient (Wildman–Crippen LogP) is 18.5. The molecular weight excluding hydrogens is 853 g/mol. The molecule has 16 aromatic rings. The van der Waals surface area contributed by atoms with Crippen LogP contribution in [0.1, 0.15) is 0 Å². The van der Waals surface area contributed by atoms with Crippen LogP contribution in [0.25, 0.3) is 153 Å². The van der Waals surface area contributed by atoms with Gasteiger partial charge in [-0.3, -0.25) is 0 Å². The van der Waals surface area contributed by atoms with Crippen LogP contribution in [0.4, 0.5) is 0 Å². The van der Waals surface area contributed by atoms with Crippen molar-refractivity contribution in [2.24, 2.45) is 0 Å². The molecule has 4 heterocycles. The summed E-state index contributed by atoms with van der Waals surface area (Å²) in [7, 11) is 0. The van der Waals surface area contributed by atoms with Crippen LogP contribution in [0.5, 0.6) is 0 Å². The number of rotatable bonds is 4. The molecule has 0 amide bonds. The predicted molar refractivity (Wildman–Crippen MR) is 293 cm³/mol. The van der Waals surface area contributed by atoms with Gasteiger partial charge in [-0.05, 0) is 104 Å². The molecule has 0 aliphatic rings. The highest BCUT2D eigenvalue weighted by molar-refractivity contribution is 6.34. The molecule has 70 heavy (non-hydrogen) atoms. The van der Waals surface area contributed by atoms with Crippen molar-refractivity contribution in [1.29, 1.82) is 0 Å². The van der Waals surface area contributed by atoms with Gasteiger partial charge < -0.3 is 18.0 Å². The van der Waals surface area contributed by atoms with Crippen molar-refractivity contribution in [1.82, 2.24) is 9.13 Å². The van der Waals surface area contributed by atoms with Gasteiger partial charge in [0.1, 0.15) is 11.2 Å². The zero-order valence-electron chi connectivity index (χ0n) is 37.7. The largest absolute Gasteiger partial charge is 0.452 e. The van der Waals surface area contributed by atoms with Gasteiger partial charge >= 0.3 is 0 Å². The minimum atomic E-state index is 0.770. The maximum absolute atomic E-state index is 7.04. The Morgan fingerprint density at radius 2 is 0.557 bits per heavy atom. The molecule has 4 nitrogen and oxygen atoms in total. The summed E-state index contributed by atoms with van der Waals surface area (Å²) in [6.07, 6.45) is 0. The first-order valence-electron chi connectivity index (χ1n) is 24.0. The number of hydrogen-bond acceptors (Lipinski definition) is 2. The van der Waals surface area contributed by atoms with Gasteiger partial charge in [0.05, 0.1) is 33.4 Å². The summed E-state index contributed by atoms with van der Waals surface area (Å²) in [4.78, 5) is 0. The molecule has 324 valence electrons. The van der Waals surface area contributed by atoms with E-state index in [1.165, 1.54) is 65.2 Å². The Kier molecular flexibility index (Phi) is 7.58. The molecule has 0 unspecified atom stereocenters. The Labute approximate surface area is 400 Å². The molecule has 4 aromatic heterocycles. The third-order valence-corrected chi connectivity index (χ3v) is 15.1. The zero-order chi connectivity index (χ0) is 45.6. The molecule has 0 spiro atoms. The fraction of sp³-hybridized carbons (Fsp3) is 0. The summed E-state index contributed by atoms with van der Waals surface area (Å²) in [5.41, 5.74) is 14.8. The van der Waals surface area contributed by atoms with Gasteiger partial charge in [0, 0.05) is 53.9 Å². The van der Waals surface area contributed by atoms with Gasteiger partial charge in [-0.15, -0.1) is 0 Å². The molecule has 0 N–H and O–H groups in total. The second kappa shape index (κ2) is 14.1. The Hall–Kier alpha value is -9.38. The SMILES string of the molecule is c1ccc2c(-n3c4ccccc4c4ccccc43)ccc(-c3ccc4c(c3)oc3c5oc6cc(-c7ccc(-n8c9ccccc9c9ccccc98)c8ccccc78)ccc6c5c5ccccc5c43)c2c1. The van der Waals surface area contributed by atoms with Crippen molar-refractivity contribution in [3.05, 3.63) is 231 Å². The third kappa shape index (κ3) is 5.09. The smallest absolute Gasteiger partial charge is 0.179 e. The molecule has 0 atom stereocenters. The van der Waals surface area contributed by atoms with E-state index in [0.717, 1.165) is 88.3 Å². The highest BCUT2D eigenvalue weighted by atomic mass is 16.4. The number of nitrogens with zero attached hydrogens (tertiary/aromatic N) is 2. The quantitative estimate of drug-likeness (QED) is 0.176. The lowest BCUT2D eigenvalue weighted by molar-refractivity contribution is 0.634. The maximum Gasteiger partial charge on any atom is 0.179 e. The van der Waals surface area contributed by atoms with Crippen LogP contribution in [0, 0.1) is 0 Å². The van der Waals surface area contributed by atoms with E-state index in [1.807, 2.05) is 0 Å². The van der Waals surface area contributed by atoms with Gasteiger partial charge in [0.25, 0.3) is 0 Å². The van der Waals surface area contributed by atoms with Crippen LogP contribution in [-0.4, -0.2) is 9.13 Å². The Morgan fingerprint density at radius 1 is 0.243 bits per heavy atom. The average Bonchev–Trinajstić information content (AvgIpc) is 4.18.